The van der Waals surface area contributed by atoms with Crippen LogP contribution in [0.4, 0.5) is 5.69 Å². The molecule has 1 fully saturated rings. The number of aromatic nitrogens is 1. The summed E-state index contributed by atoms with van der Waals surface area (Å²) in [4.78, 5) is 19.7. The number of carbonyl (C=O) groups excluding carboxylic acids is 1. The maximum absolute atomic E-state index is 13.3. The molecule has 1 aromatic heterocycles. The fraction of sp³-hybridized carbons (Fsp3) is 0.172. The Balaban J connectivity index is 1.31. The Morgan fingerprint density at radius 1 is 0.976 bits per heavy atom. The molecular formula is C29H25Cl3N4O4S. The van der Waals surface area contributed by atoms with Gasteiger partial charge >= 0.3 is 0 Å². The van der Waals surface area contributed by atoms with E-state index in [2.05, 4.69) is 32.1 Å². The molecule has 0 saturated carbocycles. The van der Waals surface area contributed by atoms with Crippen LogP contribution in [0, 0.1) is 0 Å². The van der Waals surface area contributed by atoms with Crippen molar-refractivity contribution in [2.45, 2.75) is 23.9 Å². The molecule has 1 aliphatic rings. The molecule has 0 bridgehead atoms. The van der Waals surface area contributed by atoms with E-state index in [4.69, 9.17) is 39.5 Å². The number of pyridine rings is 1. The summed E-state index contributed by atoms with van der Waals surface area (Å²) in [5.41, 5.74) is 1.48. The first-order valence-electron chi connectivity index (χ1n) is 12.7. The number of rotatable bonds is 9. The molecule has 1 saturated heterocycles. The summed E-state index contributed by atoms with van der Waals surface area (Å²) in [6.07, 6.45) is 2.14. The highest BCUT2D eigenvalue weighted by Gasteiger charge is 2.26. The van der Waals surface area contributed by atoms with E-state index in [9.17, 15) is 13.2 Å². The first kappa shape index (κ1) is 29.2. The van der Waals surface area contributed by atoms with Crippen LogP contribution in [0.2, 0.25) is 15.1 Å². The van der Waals surface area contributed by atoms with Gasteiger partial charge in [-0.3, -0.25) is 14.4 Å². The Morgan fingerprint density at radius 2 is 1.73 bits per heavy atom. The second-order valence-corrected chi connectivity index (χ2v) is 12.4. The van der Waals surface area contributed by atoms with Gasteiger partial charge in [-0.05, 0) is 48.4 Å². The summed E-state index contributed by atoms with van der Waals surface area (Å²) >= 11 is 18.1. The number of hydrogen-bond acceptors (Lipinski definition) is 6. The summed E-state index contributed by atoms with van der Waals surface area (Å²) in [7, 11) is -4.11. The Kier molecular flexibility index (Phi) is 9.01. The molecule has 1 atom stereocenters. The molecule has 1 unspecified atom stereocenters. The molecule has 3 aromatic carbocycles. The predicted molar refractivity (Wildman–Crippen MR) is 161 cm³/mol. The first-order valence-corrected chi connectivity index (χ1v) is 15.3. The minimum absolute atomic E-state index is 0.0221. The number of nitrogens with one attached hydrogen (secondary N) is 2. The molecule has 41 heavy (non-hydrogen) atoms. The Hall–Kier alpha value is -3.34. The monoisotopic (exact) mass is 630 g/mol. The number of benzene rings is 3. The molecule has 212 valence electrons. The number of hydrogen-bond donors (Lipinski definition) is 2. The van der Waals surface area contributed by atoms with Gasteiger partial charge in [0.2, 0.25) is 5.88 Å². The highest BCUT2D eigenvalue weighted by atomic mass is 35.5. The Labute approximate surface area is 253 Å². The van der Waals surface area contributed by atoms with E-state index in [0.29, 0.717) is 0 Å². The number of para-hydroxylation sites is 1. The van der Waals surface area contributed by atoms with Gasteiger partial charge in [0, 0.05) is 31.9 Å². The molecule has 1 aliphatic heterocycles. The van der Waals surface area contributed by atoms with E-state index >= 15 is 0 Å². The number of anilines is 1. The van der Waals surface area contributed by atoms with E-state index in [0.717, 1.165) is 26.1 Å². The molecule has 1 amide bonds. The minimum atomic E-state index is -4.11. The molecule has 0 radical (unpaired) electrons. The first-order chi connectivity index (χ1) is 19.7. The molecule has 8 nitrogen and oxygen atoms in total. The summed E-state index contributed by atoms with van der Waals surface area (Å²) < 4.78 is 34.6. The van der Waals surface area contributed by atoms with Crippen molar-refractivity contribution < 1.29 is 17.9 Å². The molecule has 0 aliphatic carbocycles. The van der Waals surface area contributed by atoms with Crippen LogP contribution in [0.15, 0.2) is 90.0 Å². The standard InChI is InChI=1S/C29H25Cl3N4O4S/c30-20-14-26(35-41(38,39)22-10-11-24(31)25(32)15-22)29(33-16-20)40-27-9-5-4-8-23(27)28(37)34-21-12-13-36(18-21)17-19-6-2-1-3-7-19/h1-11,14-16,21,35H,12-13,17-18H2,(H,34,37). The van der Waals surface area contributed by atoms with Crippen molar-refractivity contribution in [2.75, 3.05) is 17.8 Å². The second-order valence-electron chi connectivity index (χ2n) is 9.47. The van der Waals surface area contributed by atoms with Gasteiger partial charge in [0.25, 0.3) is 15.9 Å². The zero-order valence-electron chi connectivity index (χ0n) is 21.6. The molecule has 2 N–H and O–H groups in total. The van der Waals surface area contributed by atoms with Gasteiger partial charge in [-0.2, -0.15) is 0 Å². The van der Waals surface area contributed by atoms with Gasteiger partial charge in [0.15, 0.2) is 0 Å². The van der Waals surface area contributed by atoms with Crippen molar-refractivity contribution in [3.63, 3.8) is 0 Å². The van der Waals surface area contributed by atoms with Gasteiger partial charge in [0.05, 0.1) is 25.5 Å². The molecule has 5 rings (SSSR count). The normalized spacial score (nSPS) is 15.4. The van der Waals surface area contributed by atoms with Gasteiger partial charge in [0.1, 0.15) is 11.4 Å². The van der Waals surface area contributed by atoms with E-state index in [1.165, 1.54) is 36.0 Å². The van der Waals surface area contributed by atoms with Gasteiger partial charge in [-0.1, -0.05) is 77.3 Å². The fourth-order valence-corrected chi connectivity index (χ4v) is 6.07. The maximum Gasteiger partial charge on any atom is 0.262 e. The van der Waals surface area contributed by atoms with Crippen molar-refractivity contribution in [1.29, 1.82) is 0 Å². The third kappa shape index (κ3) is 7.30. The molecule has 0 spiro atoms. The van der Waals surface area contributed by atoms with Crippen molar-refractivity contribution in [1.82, 2.24) is 15.2 Å². The molecular weight excluding hydrogens is 607 g/mol. The molecule has 2 heterocycles. The number of likely N-dealkylation sites (tertiary alicyclic amines) is 1. The minimum Gasteiger partial charge on any atom is -0.436 e. The topological polar surface area (TPSA) is 101 Å². The largest absolute Gasteiger partial charge is 0.436 e. The lowest BCUT2D eigenvalue weighted by atomic mass is 10.1. The summed E-state index contributed by atoms with van der Waals surface area (Å²) in [6, 6.07) is 22.1. The number of nitrogens with zero attached hydrogens (tertiary/aromatic N) is 2. The van der Waals surface area contributed by atoms with Gasteiger partial charge in [-0.15, -0.1) is 0 Å². The van der Waals surface area contributed by atoms with Gasteiger partial charge in [-0.25, -0.2) is 13.4 Å². The van der Waals surface area contributed by atoms with Crippen LogP contribution >= 0.6 is 34.8 Å². The number of carbonyl (C=O) groups is 1. The third-order valence-electron chi connectivity index (χ3n) is 6.46. The van der Waals surface area contributed by atoms with Crippen LogP contribution in [-0.4, -0.2) is 43.3 Å². The van der Waals surface area contributed by atoms with E-state index in [1.807, 2.05) is 18.2 Å². The lowest BCUT2D eigenvalue weighted by Crippen LogP contribution is -2.37. The van der Waals surface area contributed by atoms with E-state index in [1.54, 1.807) is 24.3 Å². The van der Waals surface area contributed by atoms with Crippen LogP contribution in [0.1, 0.15) is 22.3 Å². The smallest absolute Gasteiger partial charge is 0.262 e. The number of amides is 1. The maximum atomic E-state index is 13.3. The summed E-state index contributed by atoms with van der Waals surface area (Å²) in [5, 5.41) is 3.57. The van der Waals surface area contributed by atoms with Crippen molar-refractivity contribution in [3.8, 4) is 11.6 Å². The van der Waals surface area contributed by atoms with Crippen molar-refractivity contribution in [3.05, 3.63) is 111 Å². The van der Waals surface area contributed by atoms with Crippen LogP contribution in [0.3, 0.4) is 0 Å². The van der Waals surface area contributed by atoms with E-state index in [-0.39, 0.29) is 54.8 Å². The average Bonchev–Trinajstić information content (AvgIpc) is 3.38. The highest BCUT2D eigenvalue weighted by Crippen LogP contribution is 2.34. The van der Waals surface area contributed by atoms with Gasteiger partial charge < -0.3 is 10.1 Å². The predicted octanol–water partition coefficient (Wildman–Crippen LogP) is 6.64. The number of ether oxygens (including phenoxy) is 1. The van der Waals surface area contributed by atoms with Crippen LogP contribution < -0.4 is 14.8 Å². The summed E-state index contributed by atoms with van der Waals surface area (Å²) in [6.45, 7) is 2.41. The second kappa shape index (κ2) is 12.7. The quantitative estimate of drug-likeness (QED) is 0.215. The van der Waals surface area contributed by atoms with Crippen molar-refractivity contribution in [2.24, 2.45) is 0 Å². The van der Waals surface area contributed by atoms with E-state index < -0.39 is 10.0 Å². The van der Waals surface area contributed by atoms with Crippen LogP contribution in [0.25, 0.3) is 0 Å². The Morgan fingerprint density at radius 3 is 2.51 bits per heavy atom. The average molecular weight is 632 g/mol. The van der Waals surface area contributed by atoms with Crippen LogP contribution in [0.5, 0.6) is 11.6 Å². The lowest BCUT2D eigenvalue weighted by Gasteiger charge is -2.18. The Bertz CT molecular complexity index is 1670. The summed E-state index contributed by atoms with van der Waals surface area (Å²) in [5.74, 6) is -0.193. The lowest BCUT2D eigenvalue weighted by molar-refractivity contribution is 0.0935. The zero-order chi connectivity index (χ0) is 29.0. The highest BCUT2D eigenvalue weighted by molar-refractivity contribution is 7.92. The number of sulfonamides is 1. The van der Waals surface area contributed by atoms with Crippen molar-refractivity contribution >= 4 is 56.4 Å². The molecule has 4 aromatic rings. The molecule has 12 heteroatoms. The third-order valence-corrected chi connectivity index (χ3v) is 8.77. The SMILES string of the molecule is O=C(NC1CCN(Cc2ccccc2)C1)c1ccccc1Oc1ncc(Cl)cc1NS(=O)(=O)c1ccc(Cl)c(Cl)c1. The zero-order valence-corrected chi connectivity index (χ0v) is 24.6. The fourth-order valence-electron chi connectivity index (χ4n) is 4.48. The number of halogens is 3. The van der Waals surface area contributed by atoms with Crippen LogP contribution in [-0.2, 0) is 16.6 Å².